The molecule has 0 aliphatic heterocycles. The molecule has 13 heavy (non-hydrogen) atoms. The summed E-state index contributed by atoms with van der Waals surface area (Å²) in [5.74, 6) is 1.85. The number of anilines is 1. The first-order valence-corrected chi connectivity index (χ1v) is 5.41. The van der Waals surface area contributed by atoms with Crippen LogP contribution in [0.25, 0.3) is 0 Å². The van der Waals surface area contributed by atoms with Gasteiger partial charge in [-0.15, -0.1) is 0 Å². The molecular formula is C10H13BrN2. The average molecular weight is 241 g/mol. The molecule has 3 heteroatoms. The molecule has 1 aliphatic rings. The predicted octanol–water partition coefficient (Wildman–Crippen LogP) is 2.97. The number of rotatable bonds is 3. The summed E-state index contributed by atoms with van der Waals surface area (Å²) in [6.07, 6.45) is 4.63. The Morgan fingerprint density at radius 3 is 3.00 bits per heavy atom. The van der Waals surface area contributed by atoms with Crippen molar-refractivity contribution in [3.8, 4) is 0 Å². The number of halogens is 1. The van der Waals surface area contributed by atoms with Crippen molar-refractivity contribution < 1.29 is 0 Å². The third-order valence-electron chi connectivity index (χ3n) is 2.23. The zero-order valence-electron chi connectivity index (χ0n) is 7.68. The predicted molar refractivity (Wildman–Crippen MR) is 57.9 cm³/mol. The van der Waals surface area contributed by atoms with Crippen LogP contribution in [0.5, 0.6) is 0 Å². The molecular weight excluding hydrogens is 228 g/mol. The van der Waals surface area contributed by atoms with Crippen LogP contribution < -0.4 is 5.32 Å². The first-order chi connectivity index (χ1) is 6.25. The van der Waals surface area contributed by atoms with E-state index in [1.165, 1.54) is 18.4 Å². The molecule has 2 nitrogen and oxygen atoms in total. The lowest BCUT2D eigenvalue weighted by Gasteiger charge is -2.06. The number of aryl methyl sites for hydroxylation is 1. The van der Waals surface area contributed by atoms with E-state index in [-0.39, 0.29) is 0 Å². The Hall–Kier alpha value is -0.570. The molecule has 1 heterocycles. The summed E-state index contributed by atoms with van der Waals surface area (Å²) in [7, 11) is 0. The normalized spacial score (nSPS) is 15.8. The Bertz CT molecular complexity index is 308. The molecule has 70 valence electrons. The van der Waals surface area contributed by atoms with Crippen LogP contribution in [-0.2, 0) is 0 Å². The monoisotopic (exact) mass is 240 g/mol. The van der Waals surface area contributed by atoms with Crippen LogP contribution in [0.15, 0.2) is 16.7 Å². The van der Waals surface area contributed by atoms with Crippen molar-refractivity contribution in [3.05, 3.63) is 22.3 Å². The van der Waals surface area contributed by atoms with Gasteiger partial charge in [-0.2, -0.15) is 0 Å². The van der Waals surface area contributed by atoms with Crippen LogP contribution in [0.3, 0.4) is 0 Å². The summed E-state index contributed by atoms with van der Waals surface area (Å²) in [5.41, 5.74) is 1.18. The lowest BCUT2D eigenvalue weighted by molar-refractivity contribution is 0.881. The second-order valence-corrected chi connectivity index (χ2v) is 4.52. The van der Waals surface area contributed by atoms with Gasteiger partial charge in [0.2, 0.25) is 0 Å². The van der Waals surface area contributed by atoms with Gasteiger partial charge < -0.3 is 5.32 Å². The zero-order chi connectivity index (χ0) is 9.26. The Balaban J connectivity index is 2.01. The molecule has 0 spiro atoms. The van der Waals surface area contributed by atoms with E-state index in [2.05, 4.69) is 32.3 Å². The molecule has 0 amide bonds. The molecule has 0 atom stereocenters. The largest absolute Gasteiger partial charge is 0.369 e. The van der Waals surface area contributed by atoms with Gasteiger partial charge in [0.1, 0.15) is 5.82 Å². The smallest absolute Gasteiger partial charge is 0.140 e. The van der Waals surface area contributed by atoms with E-state index in [9.17, 15) is 0 Å². The van der Waals surface area contributed by atoms with Gasteiger partial charge in [0.15, 0.2) is 0 Å². The summed E-state index contributed by atoms with van der Waals surface area (Å²) in [6.45, 7) is 3.11. The number of aromatic nitrogens is 1. The average Bonchev–Trinajstić information content (AvgIpc) is 2.86. The molecule has 1 fully saturated rings. The van der Waals surface area contributed by atoms with Crippen molar-refractivity contribution in [2.45, 2.75) is 19.8 Å². The van der Waals surface area contributed by atoms with Gasteiger partial charge in [-0.3, -0.25) is 0 Å². The van der Waals surface area contributed by atoms with Gasteiger partial charge in [-0.1, -0.05) is 0 Å². The van der Waals surface area contributed by atoms with E-state index >= 15 is 0 Å². The molecule has 0 saturated heterocycles. The fraction of sp³-hybridized carbons (Fsp3) is 0.500. The van der Waals surface area contributed by atoms with Gasteiger partial charge >= 0.3 is 0 Å². The van der Waals surface area contributed by atoms with Crippen LogP contribution in [0, 0.1) is 12.8 Å². The highest BCUT2D eigenvalue weighted by Gasteiger charge is 2.20. The maximum atomic E-state index is 4.32. The SMILES string of the molecule is Cc1cnc(NCC2CC2)c(Br)c1. The highest BCUT2D eigenvalue weighted by atomic mass is 79.9. The van der Waals surface area contributed by atoms with Gasteiger partial charge in [-0.25, -0.2) is 4.98 Å². The minimum Gasteiger partial charge on any atom is -0.369 e. The van der Waals surface area contributed by atoms with Crippen molar-refractivity contribution in [2.24, 2.45) is 5.92 Å². The molecule has 1 aromatic heterocycles. The second kappa shape index (κ2) is 3.66. The summed E-state index contributed by atoms with van der Waals surface area (Å²) in [4.78, 5) is 4.32. The highest BCUT2D eigenvalue weighted by molar-refractivity contribution is 9.10. The number of pyridine rings is 1. The number of nitrogens with zero attached hydrogens (tertiary/aromatic N) is 1. The third-order valence-corrected chi connectivity index (χ3v) is 2.84. The lowest BCUT2D eigenvalue weighted by Crippen LogP contribution is -2.05. The molecule has 1 N–H and O–H groups in total. The molecule has 1 aliphatic carbocycles. The summed E-state index contributed by atoms with van der Waals surface area (Å²) >= 11 is 3.49. The van der Waals surface area contributed by atoms with Crippen LogP contribution in [-0.4, -0.2) is 11.5 Å². The fourth-order valence-electron chi connectivity index (χ4n) is 1.23. The number of hydrogen-bond donors (Lipinski definition) is 1. The molecule has 1 aromatic rings. The summed E-state index contributed by atoms with van der Waals surface area (Å²) < 4.78 is 1.06. The zero-order valence-corrected chi connectivity index (χ0v) is 9.26. The van der Waals surface area contributed by atoms with Gasteiger partial charge in [0, 0.05) is 12.7 Å². The van der Waals surface area contributed by atoms with Gasteiger partial charge in [-0.05, 0) is 53.2 Å². The van der Waals surface area contributed by atoms with E-state index in [4.69, 9.17) is 0 Å². The first kappa shape index (κ1) is 9.00. The topological polar surface area (TPSA) is 24.9 Å². The van der Waals surface area contributed by atoms with E-state index in [0.29, 0.717) is 0 Å². The van der Waals surface area contributed by atoms with E-state index < -0.39 is 0 Å². The van der Waals surface area contributed by atoms with Crippen molar-refractivity contribution in [2.75, 3.05) is 11.9 Å². The Kier molecular flexibility index (Phi) is 2.54. The maximum Gasteiger partial charge on any atom is 0.140 e. The molecule has 0 aromatic carbocycles. The number of nitrogens with one attached hydrogen (secondary N) is 1. The van der Waals surface area contributed by atoms with Crippen molar-refractivity contribution in [1.82, 2.24) is 4.98 Å². The van der Waals surface area contributed by atoms with Crippen LogP contribution in [0.1, 0.15) is 18.4 Å². The van der Waals surface area contributed by atoms with Gasteiger partial charge in [0.25, 0.3) is 0 Å². The quantitative estimate of drug-likeness (QED) is 0.879. The molecule has 0 unspecified atom stereocenters. The van der Waals surface area contributed by atoms with Crippen molar-refractivity contribution in [3.63, 3.8) is 0 Å². The minimum atomic E-state index is 0.884. The van der Waals surface area contributed by atoms with Crippen molar-refractivity contribution in [1.29, 1.82) is 0 Å². The van der Waals surface area contributed by atoms with Gasteiger partial charge in [0.05, 0.1) is 4.47 Å². The Morgan fingerprint density at radius 1 is 1.62 bits per heavy atom. The van der Waals surface area contributed by atoms with Crippen LogP contribution >= 0.6 is 15.9 Å². The summed E-state index contributed by atoms with van der Waals surface area (Å²) in [5, 5.41) is 3.34. The molecule has 0 radical (unpaired) electrons. The minimum absolute atomic E-state index is 0.884. The lowest BCUT2D eigenvalue weighted by atomic mass is 10.3. The molecule has 2 rings (SSSR count). The Labute approximate surface area is 86.9 Å². The van der Waals surface area contributed by atoms with E-state index in [1.807, 2.05) is 13.1 Å². The first-order valence-electron chi connectivity index (χ1n) is 4.62. The Morgan fingerprint density at radius 2 is 2.38 bits per heavy atom. The fourth-order valence-corrected chi connectivity index (χ4v) is 1.83. The van der Waals surface area contributed by atoms with E-state index in [1.54, 1.807) is 0 Å². The molecule has 0 bridgehead atoms. The second-order valence-electron chi connectivity index (χ2n) is 3.67. The standard InChI is InChI=1S/C10H13BrN2/c1-7-4-9(11)10(12-5-7)13-6-8-2-3-8/h4-5,8H,2-3,6H2,1H3,(H,12,13). The van der Waals surface area contributed by atoms with Crippen molar-refractivity contribution >= 4 is 21.7 Å². The maximum absolute atomic E-state index is 4.32. The summed E-state index contributed by atoms with van der Waals surface area (Å²) in [6, 6.07) is 2.09. The van der Waals surface area contributed by atoms with Crippen LogP contribution in [0.2, 0.25) is 0 Å². The highest BCUT2D eigenvalue weighted by Crippen LogP contribution is 2.29. The van der Waals surface area contributed by atoms with E-state index in [0.717, 1.165) is 22.8 Å². The number of hydrogen-bond acceptors (Lipinski definition) is 2. The third kappa shape index (κ3) is 2.44. The molecule has 1 saturated carbocycles. The van der Waals surface area contributed by atoms with Crippen LogP contribution in [0.4, 0.5) is 5.82 Å².